The second-order valence-corrected chi connectivity index (χ2v) is 4.31. The number of carbonyl (C=O) groups is 1. The number of hydrogen-bond donors (Lipinski definition) is 0. The summed E-state index contributed by atoms with van der Waals surface area (Å²) < 4.78 is 10.6. The Morgan fingerprint density at radius 1 is 1.30 bits per heavy atom. The van der Waals surface area contributed by atoms with E-state index >= 15 is 0 Å². The smallest absolute Gasteiger partial charge is 0.238 e. The Bertz CT molecular complexity index is 645. The molecule has 6 heteroatoms. The maximum atomic E-state index is 11.1. The number of rotatable bonds is 3. The van der Waals surface area contributed by atoms with Crippen LogP contribution >= 0.6 is 0 Å². The van der Waals surface area contributed by atoms with Crippen molar-refractivity contribution in [1.29, 1.82) is 0 Å². The van der Waals surface area contributed by atoms with E-state index in [2.05, 4.69) is 9.97 Å². The normalized spacial score (nSPS) is 13.3. The van der Waals surface area contributed by atoms with E-state index in [9.17, 15) is 4.79 Å². The summed E-state index contributed by atoms with van der Waals surface area (Å²) in [6, 6.07) is 3.73. The fourth-order valence-electron chi connectivity index (χ4n) is 2.07. The average Bonchev–Trinajstić information content (AvgIpc) is 2.53. The van der Waals surface area contributed by atoms with Gasteiger partial charge in [-0.2, -0.15) is 0 Å². The van der Waals surface area contributed by atoms with E-state index in [4.69, 9.17) is 9.47 Å². The van der Waals surface area contributed by atoms with Gasteiger partial charge in [0, 0.05) is 23.5 Å². The van der Waals surface area contributed by atoms with Crippen molar-refractivity contribution >= 4 is 12.1 Å². The lowest BCUT2D eigenvalue weighted by Crippen LogP contribution is -2.31. The maximum absolute atomic E-state index is 11.1. The highest BCUT2D eigenvalue weighted by atomic mass is 16.5. The quantitative estimate of drug-likeness (QED) is 0.792. The molecular weight excluding hydrogens is 258 g/mol. The first kappa shape index (κ1) is 12.4. The van der Waals surface area contributed by atoms with Crippen molar-refractivity contribution in [2.75, 3.05) is 25.2 Å². The van der Waals surface area contributed by atoms with Crippen LogP contribution in [0.15, 0.2) is 30.7 Å². The highest BCUT2D eigenvalue weighted by Crippen LogP contribution is 2.33. The summed E-state index contributed by atoms with van der Waals surface area (Å²) in [7, 11) is 1.59. The zero-order valence-corrected chi connectivity index (χ0v) is 10.9. The molecule has 3 heterocycles. The molecule has 0 saturated carbocycles. The standard InChI is InChI=1S/C14H13N3O3/c1-19-12-4-10(6-15-8-12)11-5-13-14(16-7-11)20-3-2-17(13)9-18/h4-9H,2-3H2,1H3. The highest BCUT2D eigenvalue weighted by molar-refractivity contribution is 5.81. The van der Waals surface area contributed by atoms with Gasteiger partial charge in [0.15, 0.2) is 0 Å². The fraction of sp³-hybridized carbons (Fsp3) is 0.214. The van der Waals surface area contributed by atoms with Gasteiger partial charge in [0.1, 0.15) is 18.0 Å². The van der Waals surface area contributed by atoms with Gasteiger partial charge in [-0.3, -0.25) is 9.78 Å². The van der Waals surface area contributed by atoms with Gasteiger partial charge in [-0.15, -0.1) is 0 Å². The van der Waals surface area contributed by atoms with Crippen LogP contribution in [0.5, 0.6) is 11.6 Å². The van der Waals surface area contributed by atoms with Crippen LogP contribution in [0.4, 0.5) is 5.69 Å². The van der Waals surface area contributed by atoms with Crippen LogP contribution < -0.4 is 14.4 Å². The first-order valence-electron chi connectivity index (χ1n) is 6.16. The Morgan fingerprint density at radius 3 is 2.95 bits per heavy atom. The third-order valence-corrected chi connectivity index (χ3v) is 3.12. The van der Waals surface area contributed by atoms with Crippen LogP contribution in [0.25, 0.3) is 11.1 Å². The number of anilines is 1. The molecule has 0 aromatic carbocycles. The first-order chi connectivity index (χ1) is 9.81. The lowest BCUT2D eigenvalue weighted by atomic mass is 10.1. The van der Waals surface area contributed by atoms with Gasteiger partial charge in [-0.1, -0.05) is 0 Å². The Kier molecular flexibility index (Phi) is 3.20. The zero-order chi connectivity index (χ0) is 13.9. The first-order valence-corrected chi connectivity index (χ1v) is 6.16. The monoisotopic (exact) mass is 271 g/mol. The molecule has 1 amide bonds. The van der Waals surface area contributed by atoms with Crippen molar-refractivity contribution in [3.63, 3.8) is 0 Å². The number of fused-ring (bicyclic) bond motifs is 1. The molecule has 1 aliphatic heterocycles. The minimum atomic E-state index is 0.457. The van der Waals surface area contributed by atoms with Crippen LogP contribution in [0.3, 0.4) is 0 Å². The van der Waals surface area contributed by atoms with E-state index in [1.807, 2.05) is 12.1 Å². The molecular formula is C14H13N3O3. The number of carbonyl (C=O) groups excluding carboxylic acids is 1. The Balaban J connectivity index is 2.04. The molecule has 0 atom stereocenters. The maximum Gasteiger partial charge on any atom is 0.238 e. The van der Waals surface area contributed by atoms with Gasteiger partial charge in [0.25, 0.3) is 0 Å². The molecule has 1 aliphatic rings. The summed E-state index contributed by atoms with van der Waals surface area (Å²) >= 11 is 0. The van der Waals surface area contributed by atoms with Gasteiger partial charge < -0.3 is 14.4 Å². The molecule has 0 N–H and O–H groups in total. The second-order valence-electron chi connectivity index (χ2n) is 4.31. The van der Waals surface area contributed by atoms with E-state index in [1.165, 1.54) is 0 Å². The summed E-state index contributed by atoms with van der Waals surface area (Å²) in [4.78, 5) is 21.0. The van der Waals surface area contributed by atoms with Crippen molar-refractivity contribution in [3.05, 3.63) is 30.7 Å². The Hall–Kier alpha value is -2.63. The van der Waals surface area contributed by atoms with Gasteiger partial charge in [0.05, 0.1) is 19.9 Å². The lowest BCUT2D eigenvalue weighted by Gasteiger charge is -2.25. The largest absolute Gasteiger partial charge is 0.495 e. The number of methoxy groups -OCH3 is 1. The molecule has 0 fully saturated rings. The number of nitrogens with zero attached hydrogens (tertiary/aromatic N) is 3. The van der Waals surface area contributed by atoms with E-state index in [1.54, 1.807) is 30.6 Å². The fourth-order valence-corrected chi connectivity index (χ4v) is 2.07. The minimum absolute atomic E-state index is 0.457. The summed E-state index contributed by atoms with van der Waals surface area (Å²) in [6.45, 7) is 0.983. The van der Waals surface area contributed by atoms with Crippen LogP contribution in [-0.2, 0) is 4.79 Å². The SMILES string of the molecule is COc1cncc(-c2cnc3c(c2)N(C=O)CCO3)c1. The predicted molar refractivity (Wildman–Crippen MR) is 72.9 cm³/mol. The van der Waals surface area contributed by atoms with Crippen molar-refractivity contribution in [2.45, 2.75) is 0 Å². The summed E-state index contributed by atoms with van der Waals surface area (Å²) in [5.74, 6) is 1.15. The molecule has 0 aliphatic carbocycles. The minimum Gasteiger partial charge on any atom is -0.495 e. The van der Waals surface area contributed by atoms with Gasteiger partial charge >= 0.3 is 0 Å². The second kappa shape index (κ2) is 5.16. The van der Waals surface area contributed by atoms with E-state index in [-0.39, 0.29) is 0 Å². The lowest BCUT2D eigenvalue weighted by molar-refractivity contribution is -0.107. The van der Waals surface area contributed by atoms with Crippen molar-refractivity contribution in [3.8, 4) is 22.8 Å². The molecule has 6 nitrogen and oxygen atoms in total. The van der Waals surface area contributed by atoms with Crippen LogP contribution in [0.2, 0.25) is 0 Å². The molecule has 0 bridgehead atoms. The van der Waals surface area contributed by atoms with Gasteiger partial charge in [-0.05, 0) is 12.1 Å². The summed E-state index contributed by atoms with van der Waals surface area (Å²) in [5.41, 5.74) is 2.40. The number of hydrogen-bond acceptors (Lipinski definition) is 5. The van der Waals surface area contributed by atoms with E-state index in [0.717, 1.165) is 17.5 Å². The number of pyridine rings is 2. The molecule has 0 radical (unpaired) electrons. The van der Waals surface area contributed by atoms with Crippen LogP contribution in [-0.4, -0.2) is 36.6 Å². The Labute approximate surface area is 116 Å². The highest BCUT2D eigenvalue weighted by Gasteiger charge is 2.19. The van der Waals surface area contributed by atoms with Crippen molar-refractivity contribution < 1.29 is 14.3 Å². The van der Waals surface area contributed by atoms with Crippen molar-refractivity contribution in [2.24, 2.45) is 0 Å². The zero-order valence-electron chi connectivity index (χ0n) is 10.9. The molecule has 2 aromatic heterocycles. The number of ether oxygens (including phenoxy) is 2. The molecule has 0 saturated heterocycles. The van der Waals surface area contributed by atoms with E-state index in [0.29, 0.717) is 30.5 Å². The van der Waals surface area contributed by atoms with E-state index < -0.39 is 0 Å². The third kappa shape index (κ3) is 2.16. The average molecular weight is 271 g/mol. The third-order valence-electron chi connectivity index (χ3n) is 3.12. The van der Waals surface area contributed by atoms with Crippen LogP contribution in [0, 0.1) is 0 Å². The summed E-state index contributed by atoms with van der Waals surface area (Å²) in [6.07, 6.45) is 5.84. The molecule has 102 valence electrons. The molecule has 3 rings (SSSR count). The topological polar surface area (TPSA) is 64.6 Å². The molecule has 0 unspecified atom stereocenters. The van der Waals surface area contributed by atoms with Crippen molar-refractivity contribution in [1.82, 2.24) is 9.97 Å². The van der Waals surface area contributed by atoms with Gasteiger partial charge in [-0.25, -0.2) is 4.98 Å². The van der Waals surface area contributed by atoms with Gasteiger partial charge in [0.2, 0.25) is 12.3 Å². The number of amides is 1. The molecule has 20 heavy (non-hydrogen) atoms. The Morgan fingerprint density at radius 2 is 2.15 bits per heavy atom. The van der Waals surface area contributed by atoms with Crippen LogP contribution in [0.1, 0.15) is 0 Å². The summed E-state index contributed by atoms with van der Waals surface area (Å²) in [5, 5.41) is 0. The molecule has 2 aromatic rings. The number of aromatic nitrogens is 2. The predicted octanol–water partition coefficient (Wildman–Crippen LogP) is 1.51. The molecule has 0 spiro atoms.